The van der Waals surface area contributed by atoms with Crippen LogP contribution in [0, 0.1) is 16.0 Å². The molecule has 1 aromatic carbocycles. The first kappa shape index (κ1) is 17.4. The lowest BCUT2D eigenvalue weighted by atomic mass is 9.98. The van der Waals surface area contributed by atoms with E-state index in [4.69, 9.17) is 0 Å². The lowest BCUT2D eigenvalue weighted by Gasteiger charge is -2.30. The molecule has 0 aromatic heterocycles. The van der Waals surface area contributed by atoms with E-state index in [-0.39, 0.29) is 23.9 Å². The third-order valence-electron chi connectivity index (χ3n) is 3.84. The van der Waals surface area contributed by atoms with E-state index >= 15 is 0 Å². The van der Waals surface area contributed by atoms with Crippen molar-refractivity contribution in [2.75, 3.05) is 24.2 Å². The molecule has 1 N–H and O–H groups in total. The molecule has 8 nitrogen and oxygen atoms in total. The predicted molar refractivity (Wildman–Crippen MR) is 85.5 cm³/mol. The standard InChI is InChI=1S/C14H19N3O5S/c1-2-23(21,22)16-8-4-5-11(10-16)14(18)15-12-6-3-7-13(9-12)17(19)20/h3,6-7,9,11H,2,4-5,8,10H2,1H3,(H,15,18)/t11-/m1/s1. The highest BCUT2D eigenvalue weighted by atomic mass is 32.2. The molecule has 1 aromatic rings. The van der Waals surface area contributed by atoms with E-state index in [9.17, 15) is 23.3 Å². The number of hydrogen-bond acceptors (Lipinski definition) is 5. The number of carbonyl (C=O) groups is 1. The highest BCUT2D eigenvalue weighted by Crippen LogP contribution is 2.22. The van der Waals surface area contributed by atoms with Gasteiger partial charge in [0.15, 0.2) is 0 Å². The Labute approximate surface area is 134 Å². The minimum absolute atomic E-state index is 0.00617. The number of nitro benzene ring substituents is 1. The third kappa shape index (κ3) is 4.26. The van der Waals surface area contributed by atoms with E-state index in [1.807, 2.05) is 0 Å². The number of benzene rings is 1. The van der Waals surface area contributed by atoms with Crippen LogP contribution in [-0.4, -0.2) is 42.4 Å². The SMILES string of the molecule is CCS(=O)(=O)N1CCC[C@@H](C(=O)Nc2cccc([N+](=O)[O-])c2)C1. The quantitative estimate of drug-likeness (QED) is 0.646. The Hall–Kier alpha value is -2.00. The third-order valence-corrected chi connectivity index (χ3v) is 5.69. The number of non-ortho nitro benzene ring substituents is 1. The van der Waals surface area contributed by atoms with Gasteiger partial charge >= 0.3 is 0 Å². The number of sulfonamides is 1. The van der Waals surface area contributed by atoms with Crippen molar-refractivity contribution in [1.82, 2.24) is 4.31 Å². The number of nitrogens with zero attached hydrogens (tertiary/aromatic N) is 2. The maximum Gasteiger partial charge on any atom is 0.271 e. The van der Waals surface area contributed by atoms with Crippen molar-refractivity contribution in [3.63, 3.8) is 0 Å². The van der Waals surface area contributed by atoms with Crippen molar-refractivity contribution in [3.8, 4) is 0 Å². The van der Waals surface area contributed by atoms with Crippen molar-refractivity contribution in [2.24, 2.45) is 5.92 Å². The average molecular weight is 341 g/mol. The molecule has 126 valence electrons. The molecule has 9 heteroatoms. The molecule has 0 bridgehead atoms. The van der Waals surface area contributed by atoms with Gasteiger partial charge < -0.3 is 5.32 Å². The zero-order valence-electron chi connectivity index (χ0n) is 12.8. The molecular formula is C14H19N3O5S. The summed E-state index contributed by atoms with van der Waals surface area (Å²) >= 11 is 0. The minimum atomic E-state index is -3.31. The van der Waals surface area contributed by atoms with Crippen molar-refractivity contribution in [2.45, 2.75) is 19.8 Å². The summed E-state index contributed by atoms with van der Waals surface area (Å²) in [5.74, 6) is -0.766. The van der Waals surface area contributed by atoms with E-state index in [1.165, 1.54) is 22.5 Å². The summed E-state index contributed by atoms with van der Waals surface area (Å²) < 4.78 is 25.2. The number of amides is 1. The van der Waals surface area contributed by atoms with E-state index in [0.29, 0.717) is 25.1 Å². The smallest absolute Gasteiger partial charge is 0.271 e. The van der Waals surface area contributed by atoms with Crippen LogP contribution in [0.3, 0.4) is 0 Å². The highest BCUT2D eigenvalue weighted by Gasteiger charge is 2.31. The largest absolute Gasteiger partial charge is 0.326 e. The van der Waals surface area contributed by atoms with Gasteiger partial charge in [-0.15, -0.1) is 0 Å². The summed E-state index contributed by atoms with van der Waals surface area (Å²) in [7, 11) is -3.31. The molecule has 0 spiro atoms. The van der Waals surface area contributed by atoms with Gasteiger partial charge in [-0.1, -0.05) is 6.07 Å². The van der Waals surface area contributed by atoms with E-state index in [2.05, 4.69) is 5.32 Å². The van der Waals surface area contributed by atoms with Crippen LogP contribution in [0.4, 0.5) is 11.4 Å². The van der Waals surface area contributed by atoms with E-state index < -0.39 is 20.9 Å². The van der Waals surface area contributed by atoms with Crippen LogP contribution in [0.2, 0.25) is 0 Å². The van der Waals surface area contributed by atoms with Crippen molar-refractivity contribution in [3.05, 3.63) is 34.4 Å². The Morgan fingerprint density at radius 1 is 1.48 bits per heavy atom. The average Bonchev–Trinajstić information content (AvgIpc) is 2.55. The molecule has 1 saturated heterocycles. The normalized spacial score (nSPS) is 19.3. The van der Waals surface area contributed by atoms with Crippen molar-refractivity contribution < 1.29 is 18.1 Å². The highest BCUT2D eigenvalue weighted by molar-refractivity contribution is 7.89. The number of piperidine rings is 1. The van der Waals surface area contributed by atoms with E-state index in [1.54, 1.807) is 13.0 Å². The fourth-order valence-electron chi connectivity index (χ4n) is 2.53. The minimum Gasteiger partial charge on any atom is -0.326 e. The van der Waals surface area contributed by atoms with Gasteiger partial charge in [0.25, 0.3) is 5.69 Å². The van der Waals surface area contributed by atoms with Crippen LogP contribution in [0.25, 0.3) is 0 Å². The number of rotatable bonds is 5. The zero-order chi connectivity index (χ0) is 17.0. The lowest BCUT2D eigenvalue weighted by molar-refractivity contribution is -0.384. The van der Waals surface area contributed by atoms with Gasteiger partial charge in [0.1, 0.15) is 0 Å². The number of carbonyl (C=O) groups excluding carboxylic acids is 1. The topological polar surface area (TPSA) is 110 Å². The van der Waals surface area contributed by atoms with Crippen LogP contribution in [-0.2, 0) is 14.8 Å². The van der Waals surface area contributed by atoms with Crippen LogP contribution in [0.15, 0.2) is 24.3 Å². The first-order valence-corrected chi connectivity index (χ1v) is 8.97. The first-order chi connectivity index (χ1) is 10.8. The summed E-state index contributed by atoms with van der Waals surface area (Å²) in [6.07, 6.45) is 1.21. The molecule has 1 fully saturated rings. The second-order valence-corrected chi connectivity index (χ2v) is 7.65. The van der Waals surface area contributed by atoms with Gasteiger partial charge in [0.2, 0.25) is 15.9 Å². The lowest BCUT2D eigenvalue weighted by Crippen LogP contribution is -2.44. The fourth-order valence-corrected chi connectivity index (χ4v) is 3.71. The summed E-state index contributed by atoms with van der Waals surface area (Å²) in [5, 5.41) is 13.4. The zero-order valence-corrected chi connectivity index (χ0v) is 13.6. The Morgan fingerprint density at radius 2 is 2.22 bits per heavy atom. The molecule has 0 saturated carbocycles. The Kier molecular flexibility index (Phi) is 5.32. The molecule has 0 unspecified atom stereocenters. The Balaban J connectivity index is 2.06. The Bertz CT molecular complexity index is 704. The van der Waals surface area contributed by atoms with Crippen molar-refractivity contribution >= 4 is 27.3 Å². The van der Waals surface area contributed by atoms with Gasteiger partial charge in [-0.05, 0) is 25.8 Å². The van der Waals surface area contributed by atoms with E-state index in [0.717, 1.165) is 0 Å². The van der Waals surface area contributed by atoms with Gasteiger partial charge in [-0.25, -0.2) is 12.7 Å². The molecule has 1 aliphatic heterocycles. The van der Waals surface area contributed by atoms with Gasteiger partial charge in [-0.2, -0.15) is 0 Å². The molecule has 2 rings (SSSR count). The van der Waals surface area contributed by atoms with Crippen LogP contribution >= 0.6 is 0 Å². The second-order valence-electron chi connectivity index (χ2n) is 5.39. The maximum atomic E-state index is 12.3. The molecular weight excluding hydrogens is 322 g/mol. The number of anilines is 1. The number of hydrogen-bond donors (Lipinski definition) is 1. The molecule has 0 aliphatic carbocycles. The molecule has 1 amide bonds. The van der Waals surface area contributed by atoms with Crippen LogP contribution < -0.4 is 5.32 Å². The van der Waals surface area contributed by atoms with Gasteiger partial charge in [-0.3, -0.25) is 14.9 Å². The van der Waals surface area contributed by atoms with Crippen LogP contribution in [0.5, 0.6) is 0 Å². The molecule has 1 atom stereocenters. The molecule has 23 heavy (non-hydrogen) atoms. The fraction of sp³-hybridized carbons (Fsp3) is 0.500. The summed E-state index contributed by atoms with van der Waals surface area (Å²) in [6.45, 7) is 2.15. The van der Waals surface area contributed by atoms with Gasteiger partial charge in [0, 0.05) is 30.9 Å². The number of nitrogens with one attached hydrogen (secondary N) is 1. The first-order valence-electron chi connectivity index (χ1n) is 7.36. The maximum absolute atomic E-state index is 12.3. The number of nitro groups is 1. The predicted octanol–water partition coefficient (Wildman–Crippen LogP) is 1.59. The molecule has 1 aliphatic rings. The Morgan fingerprint density at radius 3 is 2.87 bits per heavy atom. The summed E-state index contributed by atoms with van der Waals surface area (Å²) in [4.78, 5) is 22.5. The monoisotopic (exact) mass is 341 g/mol. The summed E-state index contributed by atoms with van der Waals surface area (Å²) in [5.41, 5.74) is 0.223. The second kappa shape index (κ2) is 7.05. The molecule has 0 radical (unpaired) electrons. The summed E-state index contributed by atoms with van der Waals surface area (Å²) in [6, 6.07) is 5.67. The van der Waals surface area contributed by atoms with Crippen molar-refractivity contribution in [1.29, 1.82) is 0 Å². The molecule has 1 heterocycles. The van der Waals surface area contributed by atoms with Crippen LogP contribution in [0.1, 0.15) is 19.8 Å². The van der Waals surface area contributed by atoms with Gasteiger partial charge in [0.05, 0.1) is 16.6 Å².